The summed E-state index contributed by atoms with van der Waals surface area (Å²) in [7, 11) is -0.741. The third kappa shape index (κ3) is 2.16. The molecule has 1 fully saturated rings. The van der Waals surface area contributed by atoms with Gasteiger partial charge < -0.3 is 5.32 Å². The average Bonchev–Trinajstić information content (AvgIpc) is 2.20. The number of nitrogens with one attached hydrogen (secondary N) is 1. The van der Waals surface area contributed by atoms with Gasteiger partial charge in [-0.15, -0.1) is 0 Å². The fraction of sp³-hybridized carbons (Fsp3) is 0.400. The number of benzene rings is 1. The molecule has 0 bridgehead atoms. The van der Waals surface area contributed by atoms with Crippen LogP contribution < -0.4 is 5.32 Å². The van der Waals surface area contributed by atoms with E-state index in [-0.39, 0.29) is 5.25 Å². The van der Waals surface area contributed by atoms with Crippen LogP contribution >= 0.6 is 11.6 Å². The molecule has 1 N–H and O–H groups in total. The van der Waals surface area contributed by atoms with E-state index < -0.39 is 10.8 Å². The first-order chi connectivity index (χ1) is 6.77. The first-order valence-corrected chi connectivity index (χ1v) is 6.37. The van der Waals surface area contributed by atoms with Gasteiger partial charge in [-0.1, -0.05) is 23.7 Å². The van der Waals surface area contributed by atoms with Crippen molar-refractivity contribution in [3.05, 3.63) is 34.9 Å². The molecular weight excluding hydrogens is 218 g/mol. The Morgan fingerprint density at radius 2 is 2.07 bits per heavy atom. The Bertz CT molecular complexity index is 338. The Balaban J connectivity index is 2.20. The molecule has 76 valence electrons. The van der Waals surface area contributed by atoms with Gasteiger partial charge in [-0.2, -0.15) is 0 Å². The van der Waals surface area contributed by atoms with E-state index in [0.29, 0.717) is 0 Å². The molecule has 0 aliphatic carbocycles. The van der Waals surface area contributed by atoms with Crippen molar-refractivity contribution >= 4 is 22.4 Å². The zero-order chi connectivity index (χ0) is 9.97. The summed E-state index contributed by atoms with van der Waals surface area (Å²) in [5, 5.41) is 4.10. The third-order valence-electron chi connectivity index (χ3n) is 2.37. The molecule has 0 amide bonds. The highest BCUT2D eigenvalue weighted by Crippen LogP contribution is 2.22. The number of halogens is 1. The van der Waals surface area contributed by atoms with E-state index >= 15 is 0 Å². The normalized spacial score (nSPS) is 27.5. The van der Waals surface area contributed by atoms with Crippen LogP contribution in [0.2, 0.25) is 5.02 Å². The number of hydrogen-bond acceptors (Lipinski definition) is 2. The van der Waals surface area contributed by atoms with Crippen molar-refractivity contribution in [2.24, 2.45) is 0 Å². The molecule has 2 nitrogen and oxygen atoms in total. The largest absolute Gasteiger partial charge is 0.314 e. The maximum absolute atomic E-state index is 11.7. The van der Waals surface area contributed by atoms with Gasteiger partial charge in [-0.25, -0.2) is 0 Å². The monoisotopic (exact) mass is 229 g/mol. The van der Waals surface area contributed by atoms with Crippen molar-refractivity contribution in [2.45, 2.75) is 5.25 Å². The van der Waals surface area contributed by atoms with E-state index in [1.807, 2.05) is 24.3 Å². The Labute approximate surface area is 91.1 Å². The van der Waals surface area contributed by atoms with Gasteiger partial charge in [0.15, 0.2) is 0 Å². The Kier molecular flexibility index (Phi) is 3.21. The Morgan fingerprint density at radius 1 is 1.36 bits per heavy atom. The van der Waals surface area contributed by atoms with Crippen molar-refractivity contribution in [3.63, 3.8) is 0 Å². The van der Waals surface area contributed by atoms with Crippen LogP contribution in [-0.4, -0.2) is 23.1 Å². The fourth-order valence-electron chi connectivity index (χ4n) is 1.59. The Morgan fingerprint density at radius 3 is 2.71 bits per heavy atom. The first kappa shape index (κ1) is 10.1. The third-order valence-corrected chi connectivity index (χ3v) is 4.30. The zero-order valence-electron chi connectivity index (χ0n) is 7.70. The van der Waals surface area contributed by atoms with Gasteiger partial charge in [-0.3, -0.25) is 4.21 Å². The number of hydrogen-bond donors (Lipinski definition) is 1. The van der Waals surface area contributed by atoms with Gasteiger partial charge in [0.25, 0.3) is 0 Å². The van der Waals surface area contributed by atoms with Crippen molar-refractivity contribution in [2.75, 3.05) is 18.8 Å². The molecular formula is C10H12ClNOS. The van der Waals surface area contributed by atoms with Gasteiger partial charge >= 0.3 is 0 Å². The highest BCUT2D eigenvalue weighted by molar-refractivity contribution is 7.85. The second kappa shape index (κ2) is 4.43. The Hall–Kier alpha value is -0.380. The van der Waals surface area contributed by atoms with Gasteiger partial charge in [-0.05, 0) is 17.7 Å². The molecule has 4 heteroatoms. The molecule has 1 aliphatic heterocycles. The first-order valence-electron chi connectivity index (χ1n) is 4.61. The van der Waals surface area contributed by atoms with Crippen LogP contribution in [0.5, 0.6) is 0 Å². The van der Waals surface area contributed by atoms with Crippen molar-refractivity contribution in [1.29, 1.82) is 0 Å². The van der Waals surface area contributed by atoms with Crippen LogP contribution in [0.25, 0.3) is 0 Å². The molecule has 0 saturated carbocycles. The van der Waals surface area contributed by atoms with Gasteiger partial charge in [0, 0.05) is 34.7 Å². The SMILES string of the molecule is O=S1CCNCC1c1ccc(Cl)cc1. The van der Waals surface area contributed by atoms with Crippen LogP contribution in [0.4, 0.5) is 0 Å². The smallest absolute Gasteiger partial charge is 0.0722 e. The van der Waals surface area contributed by atoms with E-state index in [2.05, 4.69) is 5.32 Å². The minimum Gasteiger partial charge on any atom is -0.314 e. The zero-order valence-corrected chi connectivity index (χ0v) is 9.27. The molecule has 2 rings (SSSR count). The molecule has 0 aromatic heterocycles. The molecule has 1 aromatic carbocycles. The maximum atomic E-state index is 11.7. The highest BCUT2D eigenvalue weighted by Gasteiger charge is 2.21. The maximum Gasteiger partial charge on any atom is 0.0722 e. The van der Waals surface area contributed by atoms with Crippen LogP contribution in [0.15, 0.2) is 24.3 Å². The summed E-state index contributed by atoms with van der Waals surface area (Å²) >= 11 is 5.80. The molecule has 2 unspecified atom stereocenters. The fourth-order valence-corrected chi connectivity index (χ4v) is 3.11. The van der Waals surface area contributed by atoms with Crippen molar-refractivity contribution in [1.82, 2.24) is 5.32 Å². The molecule has 0 radical (unpaired) electrons. The molecule has 1 saturated heterocycles. The molecule has 0 spiro atoms. The van der Waals surface area contributed by atoms with E-state index in [4.69, 9.17) is 11.6 Å². The topological polar surface area (TPSA) is 29.1 Å². The lowest BCUT2D eigenvalue weighted by Gasteiger charge is -2.22. The molecule has 14 heavy (non-hydrogen) atoms. The predicted molar refractivity (Wildman–Crippen MR) is 60.1 cm³/mol. The molecule has 1 aliphatic rings. The minimum atomic E-state index is -0.741. The van der Waals surface area contributed by atoms with E-state index in [0.717, 1.165) is 29.4 Å². The summed E-state index contributed by atoms with van der Waals surface area (Å²) in [5.74, 6) is 0.743. The second-order valence-electron chi connectivity index (χ2n) is 3.33. The summed E-state index contributed by atoms with van der Waals surface area (Å²) in [5.41, 5.74) is 1.11. The minimum absolute atomic E-state index is 0.126. The summed E-state index contributed by atoms with van der Waals surface area (Å²) in [6, 6.07) is 7.61. The van der Waals surface area contributed by atoms with Crippen molar-refractivity contribution in [3.8, 4) is 0 Å². The lowest BCUT2D eigenvalue weighted by molar-refractivity contribution is 0.624. The molecule has 1 aromatic rings. The van der Waals surface area contributed by atoms with Gasteiger partial charge in [0.05, 0.1) is 5.25 Å². The van der Waals surface area contributed by atoms with Crippen molar-refractivity contribution < 1.29 is 4.21 Å². The molecule has 1 heterocycles. The predicted octanol–water partition coefficient (Wildman–Crippen LogP) is 1.73. The summed E-state index contributed by atoms with van der Waals surface area (Å²) in [4.78, 5) is 0. The summed E-state index contributed by atoms with van der Waals surface area (Å²) in [6.07, 6.45) is 0. The van der Waals surface area contributed by atoms with Crippen LogP contribution in [0.1, 0.15) is 10.8 Å². The van der Waals surface area contributed by atoms with E-state index in [9.17, 15) is 4.21 Å². The summed E-state index contributed by atoms with van der Waals surface area (Å²) in [6.45, 7) is 1.66. The van der Waals surface area contributed by atoms with Crippen LogP contribution in [-0.2, 0) is 10.8 Å². The summed E-state index contributed by atoms with van der Waals surface area (Å²) < 4.78 is 11.7. The van der Waals surface area contributed by atoms with Crippen LogP contribution in [0, 0.1) is 0 Å². The van der Waals surface area contributed by atoms with E-state index in [1.165, 1.54) is 0 Å². The quantitative estimate of drug-likeness (QED) is 0.795. The van der Waals surface area contributed by atoms with Crippen LogP contribution in [0.3, 0.4) is 0 Å². The second-order valence-corrected chi connectivity index (χ2v) is 5.50. The van der Waals surface area contributed by atoms with Gasteiger partial charge in [0.1, 0.15) is 0 Å². The lowest BCUT2D eigenvalue weighted by atomic mass is 10.1. The van der Waals surface area contributed by atoms with Gasteiger partial charge in [0.2, 0.25) is 0 Å². The standard InChI is InChI=1S/C10H12ClNOS/c11-9-3-1-8(2-4-9)10-7-12-5-6-14(10)13/h1-4,10,12H,5-7H2. The lowest BCUT2D eigenvalue weighted by Crippen LogP contribution is -2.35. The average molecular weight is 230 g/mol. The highest BCUT2D eigenvalue weighted by atomic mass is 35.5. The molecule has 2 atom stereocenters. The number of rotatable bonds is 1. The van der Waals surface area contributed by atoms with E-state index in [1.54, 1.807) is 0 Å².